The van der Waals surface area contributed by atoms with Gasteiger partial charge in [0, 0.05) is 28.1 Å². The minimum absolute atomic E-state index is 0.0132. The molecule has 5 aromatic carbocycles. The quantitative estimate of drug-likeness (QED) is 0.172. The molecule has 3 nitrogen and oxygen atoms in total. The molecule has 3 heterocycles. The molecule has 0 fully saturated rings. The van der Waals surface area contributed by atoms with Gasteiger partial charge in [0.25, 0.3) is 6.71 Å². The summed E-state index contributed by atoms with van der Waals surface area (Å²) in [6.07, 6.45) is 2.34. The summed E-state index contributed by atoms with van der Waals surface area (Å²) >= 11 is 0. The Morgan fingerprint density at radius 3 is 1.92 bits per heavy atom. The number of rotatable bonds is 3. The van der Waals surface area contributed by atoms with E-state index in [1.807, 2.05) is 0 Å². The Morgan fingerprint density at radius 1 is 0.679 bits per heavy atom. The second-order valence-corrected chi connectivity index (χ2v) is 18.8. The summed E-state index contributed by atoms with van der Waals surface area (Å²) in [6, 6.07) is 34.8. The first-order valence-electron chi connectivity index (χ1n) is 19.7. The number of fused-ring (bicyclic) bond motifs is 7. The number of hydrogen-bond acceptors (Lipinski definition) is 3. The van der Waals surface area contributed by atoms with Gasteiger partial charge < -0.3 is 14.2 Å². The highest BCUT2D eigenvalue weighted by Crippen LogP contribution is 2.52. The lowest BCUT2D eigenvalue weighted by Gasteiger charge is -2.44. The topological polar surface area (TPSA) is 19.6 Å². The zero-order valence-corrected chi connectivity index (χ0v) is 33.5. The van der Waals surface area contributed by atoms with Crippen molar-refractivity contribution in [1.29, 1.82) is 0 Å². The third kappa shape index (κ3) is 5.00. The number of para-hydroxylation sites is 2. The van der Waals surface area contributed by atoms with Crippen LogP contribution in [0.25, 0.3) is 11.0 Å². The summed E-state index contributed by atoms with van der Waals surface area (Å²) in [5.41, 5.74) is 20.2. The first-order chi connectivity index (χ1) is 25.1. The molecule has 0 amide bonds. The van der Waals surface area contributed by atoms with Crippen LogP contribution in [0.4, 0.5) is 34.1 Å². The SMILES string of the molecule is Cc1cccc(C)c1N1c2ccc(C(C)(C)C)cc2B2c3oc4cc5c(cc4c3N(c3ccccc3)c3cc(C(C)C)cc1c32)C(C)(C)CCC5(C)C. The van der Waals surface area contributed by atoms with Crippen LogP contribution in [-0.4, -0.2) is 6.71 Å². The molecule has 0 unspecified atom stereocenters. The van der Waals surface area contributed by atoms with Gasteiger partial charge in [-0.2, -0.15) is 0 Å². The van der Waals surface area contributed by atoms with Gasteiger partial charge in [0.1, 0.15) is 5.58 Å². The molecule has 0 bridgehead atoms. The highest BCUT2D eigenvalue weighted by molar-refractivity contribution is 7.00. The van der Waals surface area contributed by atoms with Crippen LogP contribution in [0.3, 0.4) is 0 Å². The van der Waals surface area contributed by atoms with Crippen LogP contribution in [-0.2, 0) is 16.2 Å². The first-order valence-corrected chi connectivity index (χ1v) is 19.7. The number of hydrogen-bond donors (Lipinski definition) is 0. The lowest BCUT2D eigenvalue weighted by atomic mass is 9.35. The molecule has 0 N–H and O–H groups in total. The Labute approximate surface area is 317 Å². The molecular weight excluding hydrogens is 643 g/mol. The second kappa shape index (κ2) is 11.4. The fraction of sp³-hybridized carbons (Fsp3) is 0.347. The molecule has 0 atom stereocenters. The van der Waals surface area contributed by atoms with Crippen LogP contribution in [0.15, 0.2) is 95.4 Å². The van der Waals surface area contributed by atoms with Crippen molar-refractivity contribution in [3.05, 3.63) is 124 Å². The van der Waals surface area contributed by atoms with Gasteiger partial charge in [0.15, 0.2) is 0 Å². The maximum atomic E-state index is 7.41. The lowest BCUT2D eigenvalue weighted by molar-refractivity contribution is 0.332. The first kappa shape index (κ1) is 34.1. The Morgan fingerprint density at radius 2 is 1.30 bits per heavy atom. The maximum absolute atomic E-state index is 7.41. The maximum Gasteiger partial charge on any atom is 0.297 e. The van der Waals surface area contributed by atoms with Crippen molar-refractivity contribution in [2.24, 2.45) is 0 Å². The molecule has 0 radical (unpaired) electrons. The Kier molecular flexibility index (Phi) is 7.34. The summed E-state index contributed by atoms with van der Waals surface area (Å²) in [6.45, 7) is 25.8. The summed E-state index contributed by atoms with van der Waals surface area (Å²) in [4.78, 5) is 5.12. The van der Waals surface area contributed by atoms with E-state index in [1.165, 1.54) is 91.0 Å². The van der Waals surface area contributed by atoms with Gasteiger partial charge in [0.2, 0.25) is 0 Å². The molecule has 3 aliphatic rings. The van der Waals surface area contributed by atoms with Crippen LogP contribution >= 0.6 is 0 Å². The standard InChI is InChI=1S/C49H53BN2O/c1-29(2)32-24-40-43-41(25-32)52(44-30(3)16-15-17-31(44)4)39-21-20-33(47(5,6)7)26-38(39)50(43)46-45(51(40)34-18-13-12-14-19-34)35-27-36-37(28-42(35)53-46)49(10,11)23-22-48(36,8)9/h12-21,24-29H,22-23H2,1-11H3. The van der Waals surface area contributed by atoms with Crippen molar-refractivity contribution in [2.45, 2.75) is 111 Å². The van der Waals surface area contributed by atoms with Gasteiger partial charge in [-0.1, -0.05) is 111 Å². The van der Waals surface area contributed by atoms with Crippen LogP contribution in [0.1, 0.15) is 114 Å². The molecule has 0 spiro atoms. The van der Waals surface area contributed by atoms with E-state index >= 15 is 0 Å². The van der Waals surface area contributed by atoms with Gasteiger partial charge in [-0.15, -0.1) is 0 Å². The van der Waals surface area contributed by atoms with E-state index in [-0.39, 0.29) is 23.0 Å². The summed E-state index contributed by atoms with van der Waals surface area (Å²) in [5, 5.41) is 1.21. The van der Waals surface area contributed by atoms with Crippen molar-refractivity contribution in [3.63, 3.8) is 0 Å². The number of benzene rings is 5. The van der Waals surface area contributed by atoms with E-state index in [4.69, 9.17) is 4.42 Å². The van der Waals surface area contributed by atoms with E-state index in [2.05, 4.69) is 177 Å². The highest BCUT2D eigenvalue weighted by Gasteiger charge is 2.48. The third-order valence-corrected chi connectivity index (χ3v) is 12.9. The van der Waals surface area contributed by atoms with E-state index in [0.29, 0.717) is 5.92 Å². The molecule has 1 aromatic heterocycles. The average molecular weight is 697 g/mol. The highest BCUT2D eigenvalue weighted by atomic mass is 16.3. The predicted molar refractivity (Wildman–Crippen MR) is 228 cm³/mol. The fourth-order valence-electron chi connectivity index (χ4n) is 9.61. The van der Waals surface area contributed by atoms with Gasteiger partial charge in [-0.05, 0) is 136 Å². The number of nitrogens with zero attached hydrogens (tertiary/aromatic N) is 2. The predicted octanol–water partition coefficient (Wildman–Crippen LogP) is 11.9. The molecule has 9 rings (SSSR count). The molecule has 2 aliphatic heterocycles. The fourth-order valence-corrected chi connectivity index (χ4v) is 9.61. The van der Waals surface area contributed by atoms with Crippen LogP contribution in [0, 0.1) is 13.8 Å². The van der Waals surface area contributed by atoms with Crippen molar-refractivity contribution in [2.75, 3.05) is 9.80 Å². The minimum Gasteiger partial charge on any atom is -0.468 e. The number of furan rings is 1. The van der Waals surface area contributed by atoms with E-state index in [0.717, 1.165) is 16.9 Å². The van der Waals surface area contributed by atoms with Crippen molar-refractivity contribution < 1.29 is 4.42 Å². The monoisotopic (exact) mass is 696 g/mol. The third-order valence-electron chi connectivity index (χ3n) is 12.9. The van der Waals surface area contributed by atoms with Gasteiger partial charge in [0.05, 0.1) is 17.0 Å². The Balaban J connectivity index is 1.46. The number of anilines is 6. The minimum atomic E-state index is -0.0699. The molecule has 4 heteroatoms. The molecule has 268 valence electrons. The zero-order chi connectivity index (χ0) is 37.4. The van der Waals surface area contributed by atoms with E-state index in [1.54, 1.807) is 0 Å². The summed E-state index contributed by atoms with van der Waals surface area (Å²) in [5.74, 6) is 0.342. The van der Waals surface area contributed by atoms with Crippen molar-refractivity contribution >= 4 is 68.4 Å². The smallest absolute Gasteiger partial charge is 0.297 e. The van der Waals surface area contributed by atoms with Crippen molar-refractivity contribution in [1.82, 2.24) is 0 Å². The van der Waals surface area contributed by atoms with Crippen LogP contribution < -0.4 is 26.4 Å². The molecule has 53 heavy (non-hydrogen) atoms. The zero-order valence-electron chi connectivity index (χ0n) is 33.5. The number of aryl methyl sites for hydroxylation is 2. The summed E-state index contributed by atoms with van der Waals surface area (Å²) in [7, 11) is 0. The normalized spacial score (nSPS) is 16.8. The molecular formula is C49H53BN2O. The largest absolute Gasteiger partial charge is 0.468 e. The lowest BCUT2D eigenvalue weighted by Crippen LogP contribution is -2.61. The van der Waals surface area contributed by atoms with Gasteiger partial charge >= 0.3 is 0 Å². The Bertz CT molecular complexity index is 2440. The summed E-state index contributed by atoms with van der Waals surface area (Å²) < 4.78 is 7.41. The molecule has 6 aromatic rings. The van der Waals surface area contributed by atoms with Crippen molar-refractivity contribution in [3.8, 4) is 0 Å². The molecule has 0 saturated heterocycles. The molecule has 0 saturated carbocycles. The Hall–Kier alpha value is -4.70. The van der Waals surface area contributed by atoms with Gasteiger partial charge in [-0.3, -0.25) is 0 Å². The van der Waals surface area contributed by atoms with Gasteiger partial charge in [-0.25, -0.2) is 0 Å². The molecule has 1 aliphatic carbocycles. The average Bonchev–Trinajstić information content (AvgIpc) is 3.48. The van der Waals surface area contributed by atoms with Crippen LogP contribution in [0.2, 0.25) is 0 Å². The van der Waals surface area contributed by atoms with E-state index < -0.39 is 0 Å². The second-order valence-electron chi connectivity index (χ2n) is 18.8. The van der Waals surface area contributed by atoms with E-state index in [9.17, 15) is 0 Å². The van der Waals surface area contributed by atoms with Crippen LogP contribution in [0.5, 0.6) is 0 Å².